The van der Waals surface area contributed by atoms with E-state index in [9.17, 15) is 4.79 Å². The van der Waals surface area contributed by atoms with Crippen LogP contribution in [-0.4, -0.2) is 59.6 Å². The van der Waals surface area contributed by atoms with Gasteiger partial charge in [0.15, 0.2) is 0 Å². The van der Waals surface area contributed by atoms with Gasteiger partial charge < -0.3 is 20.1 Å². The minimum Gasteiger partial charge on any atom is -0.361 e. The number of amides is 2. The maximum absolute atomic E-state index is 12.5. The fourth-order valence-electron chi connectivity index (χ4n) is 4.86. The summed E-state index contributed by atoms with van der Waals surface area (Å²) in [6.07, 6.45) is 4.24. The number of hydrogen-bond donors (Lipinski definition) is 2. The fourth-order valence-corrected chi connectivity index (χ4v) is 5.33. The van der Waals surface area contributed by atoms with E-state index in [1.807, 2.05) is 18.7 Å². The molecule has 140 valence electrons. The number of fused-ring (bicyclic) bond motifs is 2. The number of rotatable bonds is 3. The van der Waals surface area contributed by atoms with Crippen LogP contribution in [0.1, 0.15) is 37.3 Å². The van der Waals surface area contributed by atoms with Crippen molar-refractivity contribution in [3.63, 3.8) is 0 Å². The average molecular weight is 419 g/mol. The lowest BCUT2D eigenvalue weighted by atomic mass is 9.74. The zero-order valence-electron chi connectivity index (χ0n) is 15.7. The van der Waals surface area contributed by atoms with Crippen molar-refractivity contribution in [2.45, 2.75) is 44.7 Å². The molecule has 5 nitrogen and oxygen atoms in total. The van der Waals surface area contributed by atoms with Gasteiger partial charge in [0, 0.05) is 59.2 Å². The summed E-state index contributed by atoms with van der Waals surface area (Å²) in [6, 6.07) is 5.18. The zero-order chi connectivity index (χ0) is 18.4. The van der Waals surface area contributed by atoms with E-state index in [-0.39, 0.29) is 12.1 Å². The highest BCUT2D eigenvalue weighted by Gasteiger charge is 2.40. The zero-order valence-corrected chi connectivity index (χ0v) is 17.3. The molecule has 0 spiro atoms. The monoisotopic (exact) mass is 418 g/mol. The SMILES string of the molecule is CCN(CC)C(=O)N[C@H]1CC2c3cc(Br)cc4[nH]cc(c34)C[C@H]2N(C)C1. The number of H-pyrrole nitrogens is 1. The van der Waals surface area contributed by atoms with E-state index in [2.05, 4.69) is 56.5 Å². The summed E-state index contributed by atoms with van der Waals surface area (Å²) < 4.78 is 1.12. The van der Waals surface area contributed by atoms with Crippen molar-refractivity contribution in [3.05, 3.63) is 33.9 Å². The number of urea groups is 1. The third kappa shape index (κ3) is 2.93. The summed E-state index contributed by atoms with van der Waals surface area (Å²) in [5.41, 5.74) is 4.04. The number of nitrogens with zero attached hydrogens (tertiary/aromatic N) is 2. The molecule has 0 radical (unpaired) electrons. The molecule has 2 aromatic rings. The second-order valence-corrected chi connectivity index (χ2v) is 8.52. The summed E-state index contributed by atoms with van der Waals surface area (Å²) in [5.74, 6) is 0.444. The first kappa shape index (κ1) is 17.9. The van der Waals surface area contributed by atoms with Crippen molar-refractivity contribution in [2.24, 2.45) is 0 Å². The van der Waals surface area contributed by atoms with E-state index in [0.29, 0.717) is 12.0 Å². The summed E-state index contributed by atoms with van der Waals surface area (Å²) in [6.45, 7) is 6.45. The molecule has 3 atom stereocenters. The molecule has 26 heavy (non-hydrogen) atoms. The largest absolute Gasteiger partial charge is 0.361 e. The van der Waals surface area contributed by atoms with Crippen LogP contribution >= 0.6 is 15.9 Å². The molecule has 1 aromatic heterocycles. The Hall–Kier alpha value is -1.53. The van der Waals surface area contributed by atoms with Crippen molar-refractivity contribution in [2.75, 3.05) is 26.7 Å². The van der Waals surface area contributed by atoms with Gasteiger partial charge in [0.05, 0.1) is 0 Å². The normalized spacial score (nSPS) is 25.2. The smallest absolute Gasteiger partial charge is 0.317 e. The number of piperidine rings is 1. The van der Waals surface area contributed by atoms with Crippen LogP contribution in [0, 0.1) is 0 Å². The number of benzene rings is 1. The molecular weight excluding hydrogens is 392 g/mol. The van der Waals surface area contributed by atoms with Crippen LogP contribution in [0.5, 0.6) is 0 Å². The molecule has 1 unspecified atom stereocenters. The molecule has 1 aromatic carbocycles. The van der Waals surface area contributed by atoms with E-state index in [4.69, 9.17) is 0 Å². The van der Waals surface area contributed by atoms with Gasteiger partial charge in [-0.1, -0.05) is 15.9 Å². The van der Waals surface area contributed by atoms with Gasteiger partial charge in [-0.2, -0.15) is 0 Å². The van der Waals surface area contributed by atoms with Gasteiger partial charge >= 0.3 is 6.03 Å². The van der Waals surface area contributed by atoms with Crippen LogP contribution in [-0.2, 0) is 6.42 Å². The Bertz CT molecular complexity index is 829. The summed E-state index contributed by atoms with van der Waals surface area (Å²) >= 11 is 3.67. The molecule has 0 saturated carbocycles. The van der Waals surface area contributed by atoms with Gasteiger partial charge in [0.2, 0.25) is 0 Å². The highest BCUT2D eigenvalue weighted by Crippen LogP contribution is 2.44. The van der Waals surface area contributed by atoms with Crippen molar-refractivity contribution in [1.29, 1.82) is 0 Å². The van der Waals surface area contributed by atoms with Crippen LogP contribution in [0.3, 0.4) is 0 Å². The molecule has 2 aliphatic rings. The topological polar surface area (TPSA) is 51.4 Å². The van der Waals surface area contributed by atoms with Gasteiger partial charge in [-0.05, 0) is 57.0 Å². The minimum absolute atomic E-state index is 0.0596. The number of likely N-dealkylation sites (N-methyl/N-ethyl adjacent to an activating group) is 1. The summed E-state index contributed by atoms with van der Waals surface area (Å²) in [5, 5.41) is 4.66. The van der Waals surface area contributed by atoms with E-state index >= 15 is 0 Å². The van der Waals surface area contributed by atoms with E-state index < -0.39 is 0 Å². The predicted molar refractivity (Wildman–Crippen MR) is 109 cm³/mol. The van der Waals surface area contributed by atoms with Gasteiger partial charge in [-0.25, -0.2) is 4.79 Å². The number of aromatic amines is 1. The number of likely N-dealkylation sites (tertiary alicyclic amines) is 1. The minimum atomic E-state index is 0.0596. The van der Waals surface area contributed by atoms with Gasteiger partial charge in [0.25, 0.3) is 0 Å². The molecule has 4 rings (SSSR count). The lowest BCUT2D eigenvalue weighted by molar-refractivity contribution is 0.124. The summed E-state index contributed by atoms with van der Waals surface area (Å²) in [4.78, 5) is 20.2. The van der Waals surface area contributed by atoms with Crippen LogP contribution < -0.4 is 5.32 Å². The third-order valence-corrected chi connectivity index (χ3v) is 6.60. The van der Waals surface area contributed by atoms with Crippen molar-refractivity contribution >= 4 is 32.9 Å². The van der Waals surface area contributed by atoms with Crippen molar-refractivity contribution in [3.8, 4) is 0 Å². The van der Waals surface area contributed by atoms with Crippen molar-refractivity contribution < 1.29 is 4.79 Å². The first-order valence-corrected chi connectivity index (χ1v) is 10.4. The standard InChI is InChI=1S/C20H27BrN4O/c1-4-25(5-2)20(26)23-14-9-15-16-7-13(21)8-17-19(16)12(10-22-17)6-18(15)24(3)11-14/h7-8,10,14-15,18,22H,4-6,9,11H2,1-3H3,(H,23,26)/t14-,15?,18+/m0/s1. The average Bonchev–Trinajstić information content (AvgIpc) is 3.00. The molecule has 1 fully saturated rings. The van der Waals surface area contributed by atoms with Crippen molar-refractivity contribution in [1.82, 2.24) is 20.1 Å². The molecule has 6 heteroatoms. The number of carbonyl (C=O) groups excluding carboxylic acids is 1. The maximum Gasteiger partial charge on any atom is 0.317 e. The Labute approximate surface area is 163 Å². The van der Waals surface area contributed by atoms with Crippen LogP contribution in [0.25, 0.3) is 10.9 Å². The lowest BCUT2D eigenvalue weighted by Crippen LogP contribution is -2.56. The second kappa shape index (κ2) is 6.89. The highest BCUT2D eigenvalue weighted by molar-refractivity contribution is 9.10. The molecule has 2 heterocycles. The molecule has 1 aliphatic carbocycles. The Kier molecular flexibility index (Phi) is 4.73. The second-order valence-electron chi connectivity index (χ2n) is 7.60. The molecule has 2 amide bonds. The Balaban J connectivity index is 1.63. The highest BCUT2D eigenvalue weighted by atomic mass is 79.9. The Morgan fingerprint density at radius 3 is 2.88 bits per heavy atom. The Morgan fingerprint density at radius 1 is 1.38 bits per heavy atom. The number of aromatic nitrogens is 1. The molecule has 1 saturated heterocycles. The van der Waals surface area contributed by atoms with E-state index in [1.54, 1.807) is 0 Å². The predicted octanol–water partition coefficient (Wildman–Crippen LogP) is 3.69. The number of halogens is 1. The molecule has 0 bridgehead atoms. The number of carbonyl (C=O) groups is 1. The van der Waals surface area contributed by atoms with Crippen LogP contribution in [0.4, 0.5) is 4.79 Å². The van der Waals surface area contributed by atoms with Crippen LogP contribution in [0.2, 0.25) is 0 Å². The lowest BCUT2D eigenvalue weighted by Gasteiger charge is -2.46. The quantitative estimate of drug-likeness (QED) is 0.798. The summed E-state index contributed by atoms with van der Waals surface area (Å²) in [7, 11) is 2.19. The number of nitrogens with one attached hydrogen (secondary N) is 2. The third-order valence-electron chi connectivity index (χ3n) is 6.14. The van der Waals surface area contributed by atoms with Gasteiger partial charge in [-0.3, -0.25) is 0 Å². The van der Waals surface area contributed by atoms with Gasteiger partial charge in [-0.15, -0.1) is 0 Å². The molecule has 1 aliphatic heterocycles. The first-order valence-electron chi connectivity index (χ1n) is 9.56. The van der Waals surface area contributed by atoms with E-state index in [1.165, 1.54) is 22.0 Å². The Morgan fingerprint density at radius 2 is 2.15 bits per heavy atom. The maximum atomic E-state index is 12.5. The first-order chi connectivity index (χ1) is 12.5. The van der Waals surface area contributed by atoms with Crippen LogP contribution in [0.15, 0.2) is 22.8 Å². The van der Waals surface area contributed by atoms with Gasteiger partial charge in [0.1, 0.15) is 0 Å². The fraction of sp³-hybridized carbons (Fsp3) is 0.550. The molecule has 2 N–H and O–H groups in total. The molecular formula is C20H27BrN4O. The van der Waals surface area contributed by atoms with E-state index in [0.717, 1.165) is 36.9 Å². The number of hydrogen-bond acceptors (Lipinski definition) is 2.